The average molecular weight is 306 g/mol. The van der Waals surface area contributed by atoms with Gasteiger partial charge in [0.25, 0.3) is 0 Å². The minimum absolute atomic E-state index is 0.713. The molecular weight excluding hydrogens is 270 g/mol. The molecule has 0 aromatic carbocycles. The number of hydrogen-bond donors (Lipinski definition) is 1. The highest BCUT2D eigenvalue weighted by Crippen LogP contribution is 2.49. The summed E-state index contributed by atoms with van der Waals surface area (Å²) in [5.74, 6) is 3.89. The summed E-state index contributed by atoms with van der Waals surface area (Å²) >= 11 is 0. The van der Waals surface area contributed by atoms with E-state index >= 15 is 0 Å². The standard InChI is InChI=1S/C19H35N3/c1-12(2)21-6-5-14-7-15(8-18(14)21)17-11-22(13(3)4)19-10-20-9-16(17)19/h12-20H,5-11H2,1-4H3. The highest BCUT2D eigenvalue weighted by molar-refractivity contribution is 5.06. The van der Waals surface area contributed by atoms with Gasteiger partial charge in [0.05, 0.1) is 0 Å². The Morgan fingerprint density at radius 3 is 2.32 bits per heavy atom. The fourth-order valence-electron chi connectivity index (χ4n) is 6.42. The Kier molecular flexibility index (Phi) is 4.03. The van der Waals surface area contributed by atoms with Crippen LogP contribution >= 0.6 is 0 Å². The van der Waals surface area contributed by atoms with Crippen LogP contribution in [0.1, 0.15) is 47.0 Å². The van der Waals surface area contributed by atoms with Crippen LogP contribution in [0.4, 0.5) is 0 Å². The zero-order valence-electron chi connectivity index (χ0n) is 15.0. The Morgan fingerprint density at radius 2 is 1.59 bits per heavy atom. The molecule has 6 unspecified atom stereocenters. The van der Waals surface area contributed by atoms with Crippen LogP contribution in [0.3, 0.4) is 0 Å². The summed E-state index contributed by atoms with van der Waals surface area (Å²) in [5.41, 5.74) is 0. The van der Waals surface area contributed by atoms with E-state index < -0.39 is 0 Å². The van der Waals surface area contributed by atoms with Crippen molar-refractivity contribution in [3.05, 3.63) is 0 Å². The van der Waals surface area contributed by atoms with Crippen molar-refractivity contribution in [1.29, 1.82) is 0 Å². The zero-order valence-corrected chi connectivity index (χ0v) is 15.0. The lowest BCUT2D eigenvalue weighted by Gasteiger charge is -2.30. The van der Waals surface area contributed by atoms with Gasteiger partial charge >= 0.3 is 0 Å². The summed E-state index contributed by atoms with van der Waals surface area (Å²) in [6.07, 6.45) is 4.47. The maximum absolute atomic E-state index is 3.69. The lowest BCUT2D eigenvalue weighted by Crippen LogP contribution is -2.39. The predicted octanol–water partition coefficient (Wildman–Crippen LogP) is 2.42. The van der Waals surface area contributed by atoms with Gasteiger partial charge in [0, 0.05) is 37.3 Å². The molecule has 0 amide bonds. The quantitative estimate of drug-likeness (QED) is 0.864. The first-order chi connectivity index (χ1) is 10.6. The molecule has 4 fully saturated rings. The fraction of sp³-hybridized carbons (Fsp3) is 1.00. The summed E-state index contributed by atoms with van der Waals surface area (Å²) in [6, 6.07) is 3.19. The number of likely N-dealkylation sites (tertiary alicyclic amines) is 2. The molecule has 3 saturated heterocycles. The molecule has 4 rings (SSSR count). The number of hydrogen-bond acceptors (Lipinski definition) is 3. The van der Waals surface area contributed by atoms with Crippen molar-refractivity contribution in [2.24, 2.45) is 23.7 Å². The Bertz CT molecular complexity index is 407. The lowest BCUT2D eigenvalue weighted by atomic mass is 9.81. The molecule has 3 aliphatic heterocycles. The molecule has 22 heavy (non-hydrogen) atoms. The summed E-state index contributed by atoms with van der Waals surface area (Å²) < 4.78 is 0. The van der Waals surface area contributed by atoms with E-state index in [9.17, 15) is 0 Å². The Morgan fingerprint density at radius 1 is 0.818 bits per heavy atom. The van der Waals surface area contributed by atoms with E-state index in [4.69, 9.17) is 0 Å². The SMILES string of the molecule is CC(C)N1CCC2CC(C3CN(C(C)C)C4CNCC34)CC21. The number of fused-ring (bicyclic) bond motifs is 2. The van der Waals surface area contributed by atoms with Gasteiger partial charge in [0.1, 0.15) is 0 Å². The molecule has 0 bridgehead atoms. The first-order valence-corrected chi connectivity index (χ1v) is 9.78. The van der Waals surface area contributed by atoms with E-state index in [1.165, 1.54) is 45.4 Å². The van der Waals surface area contributed by atoms with Crippen molar-refractivity contribution in [3.63, 3.8) is 0 Å². The van der Waals surface area contributed by atoms with Gasteiger partial charge in [-0.25, -0.2) is 0 Å². The van der Waals surface area contributed by atoms with Gasteiger partial charge in [-0.1, -0.05) is 0 Å². The second-order valence-electron chi connectivity index (χ2n) is 9.02. The van der Waals surface area contributed by atoms with Gasteiger partial charge in [-0.2, -0.15) is 0 Å². The third-order valence-electron chi connectivity index (χ3n) is 7.44. The first-order valence-electron chi connectivity index (χ1n) is 9.78. The van der Waals surface area contributed by atoms with Crippen molar-refractivity contribution in [2.75, 3.05) is 26.2 Å². The third-order valence-corrected chi connectivity index (χ3v) is 7.44. The van der Waals surface area contributed by atoms with Crippen LogP contribution in [-0.2, 0) is 0 Å². The van der Waals surface area contributed by atoms with Crippen LogP contribution in [-0.4, -0.2) is 60.1 Å². The topological polar surface area (TPSA) is 18.5 Å². The molecule has 3 heterocycles. The molecule has 3 heteroatoms. The molecule has 6 atom stereocenters. The molecule has 0 aromatic rings. The van der Waals surface area contributed by atoms with E-state index in [1.54, 1.807) is 0 Å². The van der Waals surface area contributed by atoms with Gasteiger partial charge in [-0.15, -0.1) is 0 Å². The average Bonchev–Trinajstić information content (AvgIpc) is 3.16. The maximum atomic E-state index is 3.69. The lowest BCUT2D eigenvalue weighted by molar-refractivity contribution is 0.175. The van der Waals surface area contributed by atoms with Crippen LogP contribution in [0.5, 0.6) is 0 Å². The van der Waals surface area contributed by atoms with Crippen molar-refractivity contribution in [1.82, 2.24) is 15.1 Å². The molecule has 0 aromatic heterocycles. The van der Waals surface area contributed by atoms with Gasteiger partial charge in [0.15, 0.2) is 0 Å². The van der Waals surface area contributed by atoms with E-state index in [2.05, 4.69) is 42.8 Å². The van der Waals surface area contributed by atoms with Gasteiger partial charge in [-0.3, -0.25) is 9.80 Å². The van der Waals surface area contributed by atoms with Crippen molar-refractivity contribution >= 4 is 0 Å². The minimum Gasteiger partial charge on any atom is -0.315 e. The first kappa shape index (κ1) is 15.4. The van der Waals surface area contributed by atoms with Gasteiger partial charge in [0.2, 0.25) is 0 Å². The molecule has 126 valence electrons. The second kappa shape index (κ2) is 5.75. The summed E-state index contributed by atoms with van der Waals surface area (Å²) in [6.45, 7) is 14.8. The number of nitrogens with zero attached hydrogens (tertiary/aromatic N) is 2. The van der Waals surface area contributed by atoms with Crippen LogP contribution in [0.2, 0.25) is 0 Å². The van der Waals surface area contributed by atoms with Crippen LogP contribution < -0.4 is 5.32 Å². The zero-order chi connectivity index (χ0) is 15.4. The Balaban J connectivity index is 1.47. The van der Waals surface area contributed by atoms with E-state index in [1.807, 2.05) is 0 Å². The molecule has 3 nitrogen and oxygen atoms in total. The highest BCUT2D eigenvalue weighted by atomic mass is 15.3. The predicted molar refractivity (Wildman–Crippen MR) is 91.9 cm³/mol. The van der Waals surface area contributed by atoms with Crippen LogP contribution in [0.25, 0.3) is 0 Å². The summed E-state index contributed by atoms with van der Waals surface area (Å²) in [7, 11) is 0. The monoisotopic (exact) mass is 305 g/mol. The fourth-order valence-corrected chi connectivity index (χ4v) is 6.42. The smallest absolute Gasteiger partial charge is 0.0267 e. The summed E-state index contributed by atoms with van der Waals surface area (Å²) in [4.78, 5) is 5.62. The molecule has 1 saturated carbocycles. The van der Waals surface area contributed by atoms with E-state index in [0.29, 0.717) is 6.04 Å². The van der Waals surface area contributed by atoms with Crippen molar-refractivity contribution in [2.45, 2.75) is 71.1 Å². The van der Waals surface area contributed by atoms with E-state index in [-0.39, 0.29) is 0 Å². The molecular formula is C19H35N3. The van der Waals surface area contributed by atoms with Crippen molar-refractivity contribution in [3.8, 4) is 0 Å². The Hall–Kier alpha value is -0.120. The highest BCUT2D eigenvalue weighted by Gasteiger charge is 2.52. The van der Waals surface area contributed by atoms with Crippen LogP contribution in [0.15, 0.2) is 0 Å². The number of nitrogens with one attached hydrogen (secondary N) is 1. The molecule has 1 N–H and O–H groups in total. The maximum Gasteiger partial charge on any atom is 0.0267 e. The van der Waals surface area contributed by atoms with Crippen molar-refractivity contribution < 1.29 is 0 Å². The third kappa shape index (κ3) is 2.35. The normalized spacial score (nSPS) is 46.1. The second-order valence-corrected chi connectivity index (χ2v) is 9.02. The minimum atomic E-state index is 0.713. The number of rotatable bonds is 3. The Labute approximate surface area is 136 Å². The molecule has 0 radical (unpaired) electrons. The van der Waals surface area contributed by atoms with E-state index in [0.717, 1.165) is 41.8 Å². The summed E-state index contributed by atoms with van der Waals surface area (Å²) in [5, 5.41) is 3.69. The molecule has 4 aliphatic rings. The largest absolute Gasteiger partial charge is 0.315 e. The van der Waals surface area contributed by atoms with Gasteiger partial charge < -0.3 is 5.32 Å². The molecule has 0 spiro atoms. The van der Waals surface area contributed by atoms with Gasteiger partial charge in [-0.05, 0) is 83.7 Å². The van der Waals surface area contributed by atoms with Crippen LogP contribution in [0, 0.1) is 23.7 Å². The molecule has 1 aliphatic carbocycles.